The Kier molecular flexibility index (Phi) is 13.8. The summed E-state index contributed by atoms with van der Waals surface area (Å²) in [7, 11) is 0. The second-order valence-corrected chi connectivity index (χ2v) is 20.3. The summed E-state index contributed by atoms with van der Waals surface area (Å²) >= 11 is -1.11. The van der Waals surface area contributed by atoms with Crippen molar-refractivity contribution in [1.82, 2.24) is 35.1 Å². The molecule has 63 heavy (non-hydrogen) atoms. The molecule has 3 aromatic rings. The van der Waals surface area contributed by atoms with Gasteiger partial charge in [-0.3, -0.25) is 19.7 Å². The quantitative estimate of drug-likeness (QED) is 0.0720. The van der Waals surface area contributed by atoms with E-state index in [1.54, 1.807) is 4.90 Å². The molecule has 338 valence electrons. The van der Waals surface area contributed by atoms with Crippen LogP contribution in [-0.4, -0.2) is 120 Å². The molecule has 1 aromatic carbocycles. The maximum absolute atomic E-state index is 13.1. The number of benzene rings is 1. The van der Waals surface area contributed by atoms with Crippen LogP contribution in [0.4, 0.5) is 17.5 Å². The van der Waals surface area contributed by atoms with Crippen molar-refractivity contribution in [2.24, 2.45) is 0 Å². The highest BCUT2D eigenvalue weighted by atomic mass is 32.2. The molecule has 4 N–H and O–H groups in total. The molecule has 9 rings (SSSR count). The van der Waals surface area contributed by atoms with E-state index in [2.05, 4.69) is 37.9 Å². The molecule has 3 saturated heterocycles. The number of aryl methyl sites for hydroxylation is 1. The number of likely N-dealkylation sites (tertiary alicyclic amines) is 1. The Morgan fingerprint density at radius 2 is 1.60 bits per heavy atom. The van der Waals surface area contributed by atoms with Gasteiger partial charge in [-0.15, -0.1) is 0 Å². The molecule has 1 saturated carbocycles. The largest absolute Gasteiger partial charge is 0.611 e. The van der Waals surface area contributed by atoms with E-state index in [1.807, 2.05) is 18.5 Å². The number of carbonyl (C=O) groups excluding carboxylic acids is 3. The normalized spacial score (nSPS) is 22.8. The van der Waals surface area contributed by atoms with Crippen LogP contribution in [0.5, 0.6) is 0 Å². The Morgan fingerprint density at radius 1 is 0.873 bits per heavy atom. The van der Waals surface area contributed by atoms with E-state index < -0.39 is 17.2 Å². The number of imide groups is 1. The van der Waals surface area contributed by atoms with Crippen LogP contribution >= 0.6 is 0 Å². The van der Waals surface area contributed by atoms with E-state index in [9.17, 15) is 24.0 Å². The summed E-state index contributed by atoms with van der Waals surface area (Å²) in [6, 6.07) is 5.67. The number of aromatic nitrogens is 4. The zero-order valence-electron chi connectivity index (χ0n) is 36.6. The molecular formula is C47H64N10O5S. The summed E-state index contributed by atoms with van der Waals surface area (Å²) in [5.74, 6) is 2.85. The Balaban J connectivity index is 0.617. The number of hydrogen-bond acceptors (Lipinski definition) is 13. The van der Waals surface area contributed by atoms with E-state index in [1.165, 1.54) is 44.1 Å². The van der Waals surface area contributed by atoms with Crippen molar-refractivity contribution in [1.29, 1.82) is 0 Å². The van der Waals surface area contributed by atoms with Crippen molar-refractivity contribution in [2.45, 2.75) is 144 Å². The third kappa shape index (κ3) is 9.98. The van der Waals surface area contributed by atoms with E-state index in [-0.39, 0.29) is 42.2 Å². The Hall–Kier alpha value is -4.38. The van der Waals surface area contributed by atoms with E-state index in [4.69, 9.17) is 19.9 Å². The molecule has 1 unspecified atom stereocenters. The lowest BCUT2D eigenvalue weighted by Crippen LogP contribution is -2.52. The molecule has 3 amide bonds. The van der Waals surface area contributed by atoms with Gasteiger partial charge in [0.25, 0.3) is 5.91 Å². The average molecular weight is 881 g/mol. The Labute approximate surface area is 374 Å². The number of rotatable bonds is 18. The second kappa shape index (κ2) is 19.8. The van der Waals surface area contributed by atoms with Crippen LogP contribution in [0.1, 0.15) is 148 Å². The highest BCUT2D eigenvalue weighted by Gasteiger charge is 2.42. The predicted octanol–water partition coefficient (Wildman–Crippen LogP) is 5.42. The van der Waals surface area contributed by atoms with Crippen molar-refractivity contribution in [3.63, 3.8) is 0 Å². The molecule has 6 aliphatic rings. The van der Waals surface area contributed by atoms with Crippen LogP contribution in [-0.2, 0) is 33.7 Å². The predicted molar refractivity (Wildman–Crippen MR) is 242 cm³/mol. The van der Waals surface area contributed by atoms with Gasteiger partial charge in [0.15, 0.2) is 5.82 Å². The number of unbranched alkanes of at least 4 members (excludes halogenated alkanes) is 6. The van der Waals surface area contributed by atoms with Crippen molar-refractivity contribution < 1.29 is 24.0 Å². The smallest absolute Gasteiger partial charge is 0.255 e. The molecule has 0 spiro atoms. The molecule has 1 aliphatic carbocycles. The van der Waals surface area contributed by atoms with Crippen LogP contribution < -0.4 is 20.9 Å². The molecule has 7 heterocycles. The fraction of sp³-hybridized carbons (Fsp3) is 0.638. The summed E-state index contributed by atoms with van der Waals surface area (Å²) in [6.45, 7) is 6.39. The van der Waals surface area contributed by atoms with Crippen molar-refractivity contribution in [2.75, 3.05) is 67.2 Å². The van der Waals surface area contributed by atoms with Gasteiger partial charge >= 0.3 is 0 Å². The summed E-state index contributed by atoms with van der Waals surface area (Å²) in [5.41, 5.74) is 4.47. The van der Waals surface area contributed by atoms with Gasteiger partial charge < -0.3 is 35.0 Å². The summed E-state index contributed by atoms with van der Waals surface area (Å²) in [5, 5.41) is 19.5. The molecule has 0 bridgehead atoms. The topological polar surface area (TPSA) is 192 Å². The second-order valence-electron chi connectivity index (χ2n) is 18.8. The Morgan fingerprint density at radius 3 is 2.32 bits per heavy atom. The number of carbonyl (C=O) groups is 3. The summed E-state index contributed by atoms with van der Waals surface area (Å²) in [4.78, 5) is 63.6. The number of nitrogens with one attached hydrogen (secondary N) is 3. The first kappa shape index (κ1) is 43.9. The maximum atomic E-state index is 13.1. The van der Waals surface area contributed by atoms with Crippen LogP contribution in [0.2, 0.25) is 0 Å². The van der Waals surface area contributed by atoms with Gasteiger partial charge in [0, 0.05) is 50.5 Å². The number of amides is 3. The van der Waals surface area contributed by atoms with Crippen molar-refractivity contribution >= 4 is 46.4 Å². The third-order valence-corrected chi connectivity index (χ3v) is 16.0. The highest BCUT2D eigenvalue weighted by molar-refractivity contribution is 7.91. The number of aliphatic hydroxyl groups excluding tert-OH is 1. The zero-order valence-corrected chi connectivity index (χ0v) is 37.4. The van der Waals surface area contributed by atoms with Gasteiger partial charge in [0.1, 0.15) is 23.3 Å². The molecule has 15 nitrogen and oxygen atoms in total. The van der Waals surface area contributed by atoms with Gasteiger partial charge in [-0.2, -0.15) is 4.98 Å². The molecular weight excluding hydrogens is 817 g/mol. The Bertz CT molecular complexity index is 2100. The van der Waals surface area contributed by atoms with E-state index in [0.29, 0.717) is 48.4 Å². The van der Waals surface area contributed by atoms with E-state index >= 15 is 0 Å². The molecule has 0 radical (unpaired) electrons. The van der Waals surface area contributed by atoms with Crippen LogP contribution in [0.25, 0.3) is 0 Å². The monoisotopic (exact) mass is 880 g/mol. The fourth-order valence-corrected chi connectivity index (χ4v) is 11.8. The first-order valence-electron chi connectivity index (χ1n) is 23.7. The molecule has 2 aromatic heterocycles. The molecule has 2 atom stereocenters. The van der Waals surface area contributed by atoms with Crippen LogP contribution in [0, 0.1) is 0 Å². The minimum Gasteiger partial charge on any atom is -0.611 e. The fourth-order valence-electron chi connectivity index (χ4n) is 10.5. The number of piperidine rings is 3. The van der Waals surface area contributed by atoms with Gasteiger partial charge in [-0.25, -0.2) is 15.0 Å². The first-order valence-corrected chi connectivity index (χ1v) is 25.1. The number of fused-ring (bicyclic) bond motifs is 2. The van der Waals surface area contributed by atoms with Crippen LogP contribution in [0.3, 0.4) is 0 Å². The van der Waals surface area contributed by atoms with Gasteiger partial charge in [0.2, 0.25) is 22.7 Å². The number of anilines is 3. The highest BCUT2D eigenvalue weighted by Crippen LogP contribution is 2.40. The molecule has 16 heteroatoms. The lowest BCUT2D eigenvalue weighted by molar-refractivity contribution is -0.136. The van der Waals surface area contributed by atoms with Crippen molar-refractivity contribution in [3.8, 4) is 0 Å². The maximum Gasteiger partial charge on any atom is 0.255 e. The SMILES string of the molecule is O=C1CCC(N2Cc3cc(C4CCN(CCCCCCCCCNc5cnc(C6CCN(c7nc8c(c(NC9(CO)CCC9)n7)[S@+]([O-])CC8)CC6)nc5)CC4)ccc3C2=O)C(=O)N1. The first-order chi connectivity index (χ1) is 30.8. The van der Waals surface area contributed by atoms with Gasteiger partial charge in [-0.05, 0) is 118 Å². The zero-order chi connectivity index (χ0) is 43.3. The van der Waals surface area contributed by atoms with Gasteiger partial charge in [0.05, 0.1) is 30.2 Å². The molecule has 5 aliphatic heterocycles. The van der Waals surface area contributed by atoms with E-state index in [0.717, 1.165) is 118 Å². The average Bonchev–Trinajstić information content (AvgIpc) is 3.84. The lowest BCUT2D eigenvalue weighted by Gasteiger charge is -2.41. The lowest BCUT2D eigenvalue weighted by atomic mass is 9.77. The minimum absolute atomic E-state index is 0.0459. The van der Waals surface area contributed by atoms with Crippen LogP contribution in [0.15, 0.2) is 35.5 Å². The van der Waals surface area contributed by atoms with Crippen molar-refractivity contribution in [3.05, 3.63) is 58.8 Å². The third-order valence-electron chi connectivity index (χ3n) is 14.6. The minimum atomic E-state index is -1.11. The standard InChI is InChI=1S/C47H64N10O5S/c58-31-47(18-8-19-47)54-43-41-38(17-26-63(41)62)51-46(53-43)56-24-15-33(16-25-56)42-49-28-36(29-50-42)48-20-6-4-2-1-3-5-7-21-55-22-13-32(14-23-55)34-9-10-37-35(27-34)30-57(45(37)61)39-11-12-40(59)52-44(39)60/h9-10,27-29,32-33,39,48,58H,1-8,11-26,30-31H2,(H,51,53,54)(H,52,59,60)/t39?,63-/m1/s1. The number of aliphatic hydroxyl groups is 1. The summed E-state index contributed by atoms with van der Waals surface area (Å²) < 4.78 is 12.8. The summed E-state index contributed by atoms with van der Waals surface area (Å²) in [6.07, 6.45) is 20.8. The number of nitrogens with zero attached hydrogens (tertiary/aromatic N) is 7. The number of hydrogen-bond donors (Lipinski definition) is 4. The van der Waals surface area contributed by atoms with Gasteiger partial charge in [-0.1, -0.05) is 44.2 Å². The molecule has 4 fully saturated rings.